The molecule has 0 aliphatic rings. The summed E-state index contributed by atoms with van der Waals surface area (Å²) in [4.78, 5) is 26.8. The molecule has 2 amide bonds. The van der Waals surface area contributed by atoms with Crippen LogP contribution in [0.5, 0.6) is 0 Å². The first-order chi connectivity index (χ1) is 9.13. The van der Waals surface area contributed by atoms with E-state index in [1.54, 1.807) is 13.2 Å². The second-order valence-electron chi connectivity index (χ2n) is 3.72. The van der Waals surface area contributed by atoms with E-state index in [0.29, 0.717) is 18.7 Å². The Labute approximate surface area is 116 Å². The molecule has 1 heterocycles. The van der Waals surface area contributed by atoms with E-state index in [0.717, 1.165) is 0 Å². The van der Waals surface area contributed by atoms with Gasteiger partial charge in [0.15, 0.2) is 0 Å². The number of hydrogen-bond acceptors (Lipinski definition) is 4. The molecule has 6 nitrogen and oxygen atoms in total. The minimum atomic E-state index is -0.283. The zero-order valence-electron chi connectivity index (χ0n) is 10.6. The number of carbonyl (C=O) groups excluding carboxylic acids is 2. The van der Waals surface area contributed by atoms with Gasteiger partial charge in [-0.05, 0) is 12.1 Å². The van der Waals surface area contributed by atoms with Gasteiger partial charge in [0.1, 0.15) is 5.15 Å². The van der Waals surface area contributed by atoms with E-state index in [1.807, 2.05) is 0 Å². The zero-order valence-corrected chi connectivity index (χ0v) is 11.4. The maximum Gasteiger partial charge on any atom is 0.251 e. The molecular weight excluding hydrogens is 270 g/mol. The highest BCUT2D eigenvalue weighted by Crippen LogP contribution is 2.06. The lowest BCUT2D eigenvalue weighted by Crippen LogP contribution is -2.32. The van der Waals surface area contributed by atoms with E-state index in [2.05, 4.69) is 15.6 Å². The van der Waals surface area contributed by atoms with Crippen molar-refractivity contribution >= 4 is 23.4 Å². The van der Waals surface area contributed by atoms with Crippen molar-refractivity contribution in [2.24, 2.45) is 0 Å². The summed E-state index contributed by atoms with van der Waals surface area (Å²) in [7, 11) is 1.56. The third-order valence-electron chi connectivity index (χ3n) is 2.25. The fourth-order valence-electron chi connectivity index (χ4n) is 1.32. The van der Waals surface area contributed by atoms with Gasteiger partial charge in [-0.3, -0.25) is 9.59 Å². The molecule has 19 heavy (non-hydrogen) atoms. The molecule has 7 heteroatoms. The molecular formula is C12H16ClN3O3. The van der Waals surface area contributed by atoms with E-state index in [4.69, 9.17) is 16.3 Å². The summed E-state index contributed by atoms with van der Waals surface area (Å²) in [5, 5.41) is 5.54. The van der Waals surface area contributed by atoms with Crippen LogP contribution < -0.4 is 10.6 Å². The standard InChI is InChI=1S/C12H16ClN3O3/c1-19-7-6-15-11(17)3-5-16-12(18)9-2-4-14-10(13)8-9/h2,4,8H,3,5-7H2,1H3,(H,15,17)(H,16,18). The van der Waals surface area contributed by atoms with E-state index in [9.17, 15) is 9.59 Å². The van der Waals surface area contributed by atoms with Gasteiger partial charge in [0.25, 0.3) is 5.91 Å². The van der Waals surface area contributed by atoms with Gasteiger partial charge in [-0.2, -0.15) is 0 Å². The molecule has 0 aliphatic carbocycles. The number of carbonyl (C=O) groups is 2. The molecule has 0 bridgehead atoms. The van der Waals surface area contributed by atoms with Crippen LogP contribution >= 0.6 is 11.6 Å². The summed E-state index contributed by atoms with van der Waals surface area (Å²) in [6, 6.07) is 3.02. The number of amides is 2. The lowest BCUT2D eigenvalue weighted by Gasteiger charge is -2.06. The van der Waals surface area contributed by atoms with E-state index in [1.165, 1.54) is 12.3 Å². The quantitative estimate of drug-likeness (QED) is 0.568. The molecule has 104 valence electrons. The Balaban J connectivity index is 2.25. The molecule has 0 fully saturated rings. The number of halogens is 1. The van der Waals surface area contributed by atoms with Gasteiger partial charge in [0, 0.05) is 38.4 Å². The molecule has 0 radical (unpaired) electrons. The van der Waals surface area contributed by atoms with Crippen molar-refractivity contribution in [3.8, 4) is 0 Å². The Morgan fingerprint density at radius 1 is 1.37 bits per heavy atom. The van der Waals surface area contributed by atoms with Crippen molar-refractivity contribution in [1.29, 1.82) is 0 Å². The summed E-state index contributed by atoms with van der Waals surface area (Å²) in [6.07, 6.45) is 1.67. The van der Waals surface area contributed by atoms with Crippen LogP contribution in [0.2, 0.25) is 5.15 Å². The van der Waals surface area contributed by atoms with Gasteiger partial charge in [-0.15, -0.1) is 0 Å². The number of nitrogens with zero attached hydrogens (tertiary/aromatic N) is 1. The molecule has 0 saturated carbocycles. The number of pyridine rings is 1. The number of aromatic nitrogens is 1. The van der Waals surface area contributed by atoms with Crippen molar-refractivity contribution in [2.45, 2.75) is 6.42 Å². The first-order valence-corrected chi connectivity index (χ1v) is 6.16. The van der Waals surface area contributed by atoms with E-state index in [-0.39, 0.29) is 29.9 Å². The molecule has 2 N–H and O–H groups in total. The van der Waals surface area contributed by atoms with Crippen LogP contribution in [0.15, 0.2) is 18.3 Å². The Hall–Kier alpha value is -1.66. The summed E-state index contributed by atoms with van der Waals surface area (Å²) < 4.78 is 4.80. The Kier molecular flexibility index (Phi) is 6.84. The lowest BCUT2D eigenvalue weighted by molar-refractivity contribution is -0.121. The Morgan fingerprint density at radius 2 is 2.16 bits per heavy atom. The van der Waals surface area contributed by atoms with Crippen LogP contribution in [0, 0.1) is 0 Å². The van der Waals surface area contributed by atoms with Crippen molar-refractivity contribution in [3.63, 3.8) is 0 Å². The smallest absolute Gasteiger partial charge is 0.251 e. The van der Waals surface area contributed by atoms with Crippen molar-refractivity contribution < 1.29 is 14.3 Å². The van der Waals surface area contributed by atoms with Crippen molar-refractivity contribution in [2.75, 3.05) is 26.8 Å². The Bertz CT molecular complexity index is 440. The maximum absolute atomic E-state index is 11.7. The SMILES string of the molecule is COCCNC(=O)CCNC(=O)c1ccnc(Cl)c1. The predicted molar refractivity (Wildman–Crippen MR) is 71.1 cm³/mol. The number of hydrogen-bond donors (Lipinski definition) is 2. The van der Waals surface area contributed by atoms with Crippen LogP contribution in [0.1, 0.15) is 16.8 Å². The van der Waals surface area contributed by atoms with Crippen LogP contribution in [-0.4, -0.2) is 43.6 Å². The summed E-state index contributed by atoms with van der Waals surface area (Å²) in [6.45, 7) is 1.19. The summed E-state index contributed by atoms with van der Waals surface area (Å²) in [5.41, 5.74) is 0.416. The second kappa shape index (κ2) is 8.44. The third-order valence-corrected chi connectivity index (χ3v) is 2.46. The van der Waals surface area contributed by atoms with Gasteiger partial charge in [-0.1, -0.05) is 11.6 Å². The molecule has 0 spiro atoms. The van der Waals surface area contributed by atoms with Gasteiger partial charge in [0.05, 0.1) is 6.61 Å². The topological polar surface area (TPSA) is 80.3 Å². The number of rotatable bonds is 7. The lowest BCUT2D eigenvalue weighted by atomic mass is 10.2. The average Bonchev–Trinajstić information content (AvgIpc) is 2.39. The van der Waals surface area contributed by atoms with Crippen LogP contribution in [0.25, 0.3) is 0 Å². The highest BCUT2D eigenvalue weighted by molar-refractivity contribution is 6.29. The molecule has 0 aliphatic heterocycles. The molecule has 0 atom stereocenters. The third kappa shape index (κ3) is 6.17. The number of nitrogens with one attached hydrogen (secondary N) is 2. The molecule has 1 aromatic heterocycles. The van der Waals surface area contributed by atoms with Crippen LogP contribution in [0.4, 0.5) is 0 Å². The van der Waals surface area contributed by atoms with Crippen molar-refractivity contribution in [1.82, 2.24) is 15.6 Å². The molecule has 0 saturated heterocycles. The van der Waals surface area contributed by atoms with Gasteiger partial charge < -0.3 is 15.4 Å². The normalized spacial score (nSPS) is 10.0. The molecule has 1 rings (SSSR count). The van der Waals surface area contributed by atoms with E-state index >= 15 is 0 Å². The fraction of sp³-hybridized carbons (Fsp3) is 0.417. The molecule has 0 unspecified atom stereocenters. The minimum Gasteiger partial charge on any atom is -0.383 e. The Morgan fingerprint density at radius 3 is 2.84 bits per heavy atom. The average molecular weight is 286 g/mol. The minimum absolute atomic E-state index is 0.134. The maximum atomic E-state index is 11.7. The molecule has 0 aromatic carbocycles. The first kappa shape index (κ1) is 15.4. The molecule has 1 aromatic rings. The predicted octanol–water partition coefficient (Wildman–Crippen LogP) is 0.618. The van der Waals surface area contributed by atoms with Crippen LogP contribution in [-0.2, 0) is 9.53 Å². The largest absolute Gasteiger partial charge is 0.383 e. The summed E-state index contributed by atoms with van der Waals surface area (Å²) >= 11 is 5.68. The van der Waals surface area contributed by atoms with Gasteiger partial charge in [-0.25, -0.2) is 4.98 Å². The first-order valence-electron chi connectivity index (χ1n) is 5.79. The second-order valence-corrected chi connectivity index (χ2v) is 4.10. The number of ether oxygens (including phenoxy) is 1. The van der Waals surface area contributed by atoms with Gasteiger partial charge >= 0.3 is 0 Å². The summed E-state index contributed by atoms with van der Waals surface area (Å²) in [5.74, 6) is -0.417. The van der Waals surface area contributed by atoms with Gasteiger partial charge in [0.2, 0.25) is 5.91 Å². The van der Waals surface area contributed by atoms with Crippen molar-refractivity contribution in [3.05, 3.63) is 29.0 Å². The highest BCUT2D eigenvalue weighted by Gasteiger charge is 2.07. The van der Waals surface area contributed by atoms with Crippen LogP contribution in [0.3, 0.4) is 0 Å². The fourth-order valence-corrected chi connectivity index (χ4v) is 1.49. The highest BCUT2D eigenvalue weighted by atomic mass is 35.5. The number of methoxy groups -OCH3 is 1. The zero-order chi connectivity index (χ0) is 14.1. The monoisotopic (exact) mass is 285 g/mol. The van der Waals surface area contributed by atoms with E-state index < -0.39 is 0 Å².